The molecule has 3 N–H and O–H groups in total. The Kier molecular flexibility index (Phi) is 11.2. The molecule has 0 saturated carbocycles. The molecule has 0 spiro atoms. The first-order valence-electron chi connectivity index (χ1n) is 13.6. The Morgan fingerprint density at radius 2 is 1.62 bits per heavy atom. The van der Waals surface area contributed by atoms with Gasteiger partial charge in [-0.15, -0.1) is 0 Å². The van der Waals surface area contributed by atoms with Crippen LogP contribution in [0.3, 0.4) is 0 Å². The number of amides is 1. The number of carbonyl (C=O) groups is 1. The number of allylic oxidation sites excluding steroid dienone is 1. The van der Waals surface area contributed by atoms with Gasteiger partial charge in [0, 0.05) is 18.2 Å². The average Bonchev–Trinajstić information content (AvgIpc) is 2.98. The molecular weight excluding hydrogens is 498 g/mol. The predicted octanol–water partition coefficient (Wildman–Crippen LogP) is 8.73. The van der Waals surface area contributed by atoms with Crippen molar-refractivity contribution in [3.63, 3.8) is 0 Å². The van der Waals surface area contributed by atoms with Gasteiger partial charge in [0.25, 0.3) is 5.91 Å². The first-order chi connectivity index (χ1) is 19.5. The van der Waals surface area contributed by atoms with Gasteiger partial charge < -0.3 is 20.3 Å². The van der Waals surface area contributed by atoms with Crippen LogP contribution in [0.15, 0.2) is 97.6 Å². The van der Waals surface area contributed by atoms with Crippen LogP contribution in [-0.4, -0.2) is 22.7 Å². The molecule has 206 valence electrons. The number of anilines is 1. The van der Waals surface area contributed by atoms with Crippen molar-refractivity contribution in [3.8, 4) is 28.4 Å². The Labute approximate surface area is 237 Å². The number of carbonyl (C=O) groups excluding carboxylic acids is 1. The smallest absolute Gasteiger partial charge is 0.259 e. The van der Waals surface area contributed by atoms with E-state index in [0.29, 0.717) is 24.5 Å². The SMILES string of the molecule is C=Cc1ccc(-c2ccc(O)c(C(=O)Nc3cccc(OCCc4ccccc4O)c3)c2)cc1/C=C\CC.CC. The second kappa shape index (κ2) is 15.0. The van der Waals surface area contributed by atoms with Gasteiger partial charge in [-0.3, -0.25) is 4.79 Å². The second-order valence-corrected chi connectivity index (χ2v) is 8.80. The van der Waals surface area contributed by atoms with E-state index in [-0.39, 0.29) is 17.1 Å². The van der Waals surface area contributed by atoms with E-state index < -0.39 is 5.91 Å². The molecule has 4 rings (SSSR count). The molecule has 0 aliphatic rings. The highest BCUT2D eigenvalue weighted by molar-refractivity contribution is 6.07. The molecule has 0 radical (unpaired) electrons. The fourth-order valence-corrected chi connectivity index (χ4v) is 4.09. The second-order valence-electron chi connectivity index (χ2n) is 8.80. The first-order valence-corrected chi connectivity index (χ1v) is 13.6. The quantitative estimate of drug-likeness (QED) is 0.190. The Hall–Kier alpha value is -4.77. The summed E-state index contributed by atoms with van der Waals surface area (Å²) in [6.45, 7) is 10.3. The van der Waals surface area contributed by atoms with Crippen LogP contribution in [0, 0.1) is 0 Å². The lowest BCUT2D eigenvalue weighted by molar-refractivity contribution is 0.102. The summed E-state index contributed by atoms with van der Waals surface area (Å²) in [6.07, 6.45) is 7.44. The fourth-order valence-electron chi connectivity index (χ4n) is 4.09. The average molecular weight is 536 g/mol. The maximum atomic E-state index is 13.1. The zero-order valence-corrected chi connectivity index (χ0v) is 23.4. The summed E-state index contributed by atoms with van der Waals surface area (Å²) in [5, 5.41) is 23.2. The number of rotatable bonds is 10. The van der Waals surface area contributed by atoms with Gasteiger partial charge in [-0.05, 0) is 70.6 Å². The molecule has 0 aromatic heterocycles. The highest BCUT2D eigenvalue weighted by Gasteiger charge is 2.14. The Bertz CT molecular complexity index is 1470. The van der Waals surface area contributed by atoms with Crippen molar-refractivity contribution in [2.75, 3.05) is 11.9 Å². The largest absolute Gasteiger partial charge is 0.508 e. The number of phenols is 2. The monoisotopic (exact) mass is 535 g/mol. The molecule has 0 heterocycles. The van der Waals surface area contributed by atoms with Crippen molar-refractivity contribution in [3.05, 3.63) is 120 Å². The van der Waals surface area contributed by atoms with Crippen LogP contribution in [0.2, 0.25) is 0 Å². The lowest BCUT2D eigenvalue weighted by Gasteiger charge is -2.12. The van der Waals surface area contributed by atoms with E-state index in [1.54, 1.807) is 48.5 Å². The number of phenolic OH excluding ortho intramolecular Hbond substituents is 2. The van der Waals surface area contributed by atoms with E-state index >= 15 is 0 Å². The van der Waals surface area contributed by atoms with Gasteiger partial charge in [0.15, 0.2) is 0 Å². The van der Waals surface area contributed by atoms with Gasteiger partial charge in [0.2, 0.25) is 0 Å². The normalized spacial score (nSPS) is 10.5. The standard InChI is InChI=1S/C33H31NO4.C2H6/c1-3-5-9-25-20-26(15-14-23(25)4-2)27-16-17-32(36)30(21-27)33(37)34-28-11-8-12-29(22-28)38-19-18-24-10-6-7-13-31(24)35;1-2/h4-17,20-22,35-36H,2-3,18-19H2,1H3,(H,34,37);1-2H3/b9-5-;. The van der Waals surface area contributed by atoms with Gasteiger partial charge >= 0.3 is 0 Å². The summed E-state index contributed by atoms with van der Waals surface area (Å²) < 4.78 is 5.83. The molecule has 0 aliphatic carbocycles. The number of para-hydroxylation sites is 1. The van der Waals surface area contributed by atoms with Crippen molar-refractivity contribution in [1.82, 2.24) is 0 Å². The Morgan fingerprint density at radius 3 is 2.38 bits per heavy atom. The van der Waals surface area contributed by atoms with E-state index in [2.05, 4.69) is 31.0 Å². The summed E-state index contributed by atoms with van der Waals surface area (Å²) in [4.78, 5) is 13.1. The summed E-state index contributed by atoms with van der Waals surface area (Å²) in [5.74, 6) is 0.301. The molecule has 1 amide bonds. The molecule has 4 aromatic carbocycles. The van der Waals surface area contributed by atoms with Crippen molar-refractivity contribution < 1.29 is 19.7 Å². The first kappa shape index (κ1) is 29.8. The van der Waals surface area contributed by atoms with Gasteiger partial charge in [-0.1, -0.05) is 88.0 Å². The van der Waals surface area contributed by atoms with Crippen LogP contribution in [-0.2, 0) is 6.42 Å². The topological polar surface area (TPSA) is 78.8 Å². The minimum absolute atomic E-state index is 0.102. The maximum Gasteiger partial charge on any atom is 0.259 e. The molecule has 40 heavy (non-hydrogen) atoms. The number of aromatic hydroxyl groups is 2. The van der Waals surface area contributed by atoms with Crippen molar-refractivity contribution in [2.24, 2.45) is 0 Å². The van der Waals surface area contributed by atoms with Crippen LogP contribution < -0.4 is 10.1 Å². The van der Waals surface area contributed by atoms with Crippen LogP contribution in [0.5, 0.6) is 17.2 Å². The highest BCUT2D eigenvalue weighted by Crippen LogP contribution is 2.29. The number of ether oxygens (including phenoxy) is 1. The van der Waals surface area contributed by atoms with E-state index in [4.69, 9.17) is 4.74 Å². The predicted molar refractivity (Wildman–Crippen MR) is 166 cm³/mol. The molecule has 0 atom stereocenters. The number of benzene rings is 4. The molecule has 0 aliphatic heterocycles. The van der Waals surface area contributed by atoms with Crippen LogP contribution >= 0.6 is 0 Å². The number of hydrogen-bond donors (Lipinski definition) is 3. The summed E-state index contributed by atoms with van der Waals surface area (Å²) in [7, 11) is 0. The van der Waals surface area contributed by atoms with E-state index in [9.17, 15) is 15.0 Å². The van der Waals surface area contributed by atoms with Crippen LogP contribution in [0.4, 0.5) is 5.69 Å². The minimum Gasteiger partial charge on any atom is -0.508 e. The van der Waals surface area contributed by atoms with E-state index in [0.717, 1.165) is 34.2 Å². The molecular formula is C35H37NO4. The van der Waals surface area contributed by atoms with Crippen LogP contribution in [0.25, 0.3) is 23.3 Å². The molecule has 5 nitrogen and oxygen atoms in total. The van der Waals surface area contributed by atoms with Gasteiger partial charge in [0.1, 0.15) is 17.2 Å². The Balaban J connectivity index is 0.00000216. The Morgan fingerprint density at radius 1 is 0.875 bits per heavy atom. The van der Waals surface area contributed by atoms with Crippen LogP contribution in [0.1, 0.15) is 54.2 Å². The fraction of sp³-hybridized carbons (Fsp3) is 0.171. The zero-order chi connectivity index (χ0) is 28.9. The summed E-state index contributed by atoms with van der Waals surface area (Å²) >= 11 is 0. The third-order valence-corrected chi connectivity index (χ3v) is 6.14. The van der Waals surface area contributed by atoms with Gasteiger partial charge in [-0.2, -0.15) is 0 Å². The number of hydrogen-bond acceptors (Lipinski definition) is 4. The lowest BCUT2D eigenvalue weighted by atomic mass is 9.97. The third-order valence-electron chi connectivity index (χ3n) is 6.14. The molecule has 0 saturated heterocycles. The molecule has 0 unspecified atom stereocenters. The summed E-state index contributed by atoms with van der Waals surface area (Å²) in [5.41, 5.74) is 5.33. The third kappa shape index (κ3) is 7.87. The minimum atomic E-state index is -0.426. The van der Waals surface area contributed by atoms with Gasteiger partial charge in [-0.25, -0.2) is 0 Å². The summed E-state index contributed by atoms with van der Waals surface area (Å²) in [6, 6.07) is 25.3. The van der Waals surface area contributed by atoms with Crippen molar-refractivity contribution in [2.45, 2.75) is 33.6 Å². The molecule has 5 heteroatoms. The number of nitrogens with one attached hydrogen (secondary N) is 1. The van der Waals surface area contributed by atoms with Crippen molar-refractivity contribution in [1.29, 1.82) is 0 Å². The molecule has 0 bridgehead atoms. The maximum absolute atomic E-state index is 13.1. The molecule has 0 fully saturated rings. The van der Waals surface area contributed by atoms with Crippen molar-refractivity contribution >= 4 is 23.7 Å². The van der Waals surface area contributed by atoms with Gasteiger partial charge in [0.05, 0.1) is 12.2 Å². The van der Waals surface area contributed by atoms with E-state index in [1.165, 1.54) is 6.07 Å². The lowest BCUT2D eigenvalue weighted by Crippen LogP contribution is -2.12. The molecule has 4 aromatic rings. The highest BCUT2D eigenvalue weighted by atomic mass is 16.5. The van der Waals surface area contributed by atoms with E-state index in [1.807, 2.05) is 50.3 Å². The zero-order valence-electron chi connectivity index (χ0n) is 23.4.